The van der Waals surface area contributed by atoms with Crippen molar-refractivity contribution in [1.29, 1.82) is 0 Å². The maximum atomic E-state index is 10.2. The third-order valence-electron chi connectivity index (χ3n) is 2.17. The quantitative estimate of drug-likeness (QED) is 0.443. The van der Waals surface area contributed by atoms with Crippen molar-refractivity contribution in [3.8, 4) is 0 Å². The van der Waals surface area contributed by atoms with Crippen LogP contribution in [-0.2, 0) is 4.79 Å². The molecule has 1 atom stereocenters. The molecule has 0 aliphatic carbocycles. The van der Waals surface area contributed by atoms with E-state index < -0.39 is 12.1 Å². The van der Waals surface area contributed by atoms with E-state index in [1.54, 1.807) is 0 Å². The molecule has 0 rings (SSSR count). The van der Waals surface area contributed by atoms with E-state index in [0.717, 1.165) is 38.5 Å². The highest BCUT2D eigenvalue weighted by Crippen LogP contribution is 2.08. The lowest BCUT2D eigenvalue weighted by molar-refractivity contribution is -0.146. The van der Waals surface area contributed by atoms with Gasteiger partial charge in [-0.3, -0.25) is 0 Å². The lowest BCUT2D eigenvalue weighted by Gasteiger charge is -2.04. The molecule has 0 aromatic carbocycles. The van der Waals surface area contributed by atoms with E-state index in [2.05, 4.69) is 6.58 Å². The lowest BCUT2D eigenvalue weighted by atomic mass is 10.1. The minimum absolute atomic E-state index is 0.372. The van der Waals surface area contributed by atoms with E-state index in [-0.39, 0.29) is 0 Å². The number of aliphatic hydroxyl groups excluding tert-OH is 1. The Balaban J connectivity index is 3.13. The second kappa shape index (κ2) is 8.75. The normalized spacial score (nSPS) is 12.4. The summed E-state index contributed by atoms with van der Waals surface area (Å²) in [5.41, 5.74) is 0. The molecule has 0 saturated carbocycles. The van der Waals surface area contributed by atoms with Gasteiger partial charge in [0.05, 0.1) is 0 Å². The van der Waals surface area contributed by atoms with Crippen LogP contribution in [-0.4, -0.2) is 22.3 Å². The van der Waals surface area contributed by atoms with Crippen LogP contribution in [0.2, 0.25) is 0 Å². The number of aliphatic carboxylic acids is 1. The Labute approximate surface area is 85.4 Å². The molecule has 3 heteroatoms. The Bertz CT molecular complexity index is 166. The summed E-state index contributed by atoms with van der Waals surface area (Å²) in [7, 11) is 0. The van der Waals surface area contributed by atoms with Crippen LogP contribution in [0.4, 0.5) is 0 Å². The molecule has 0 saturated heterocycles. The van der Waals surface area contributed by atoms with Gasteiger partial charge in [0.25, 0.3) is 0 Å². The molecule has 0 heterocycles. The van der Waals surface area contributed by atoms with E-state index in [9.17, 15) is 4.79 Å². The van der Waals surface area contributed by atoms with Crippen molar-refractivity contribution in [1.82, 2.24) is 0 Å². The van der Waals surface area contributed by atoms with E-state index in [1.807, 2.05) is 6.08 Å². The third kappa shape index (κ3) is 7.80. The predicted molar refractivity (Wildman–Crippen MR) is 56.2 cm³/mol. The second-order valence-electron chi connectivity index (χ2n) is 3.49. The predicted octanol–water partition coefficient (Wildman–Crippen LogP) is 2.35. The lowest BCUT2D eigenvalue weighted by Crippen LogP contribution is -2.18. The van der Waals surface area contributed by atoms with Gasteiger partial charge in [-0.05, 0) is 19.3 Å². The van der Waals surface area contributed by atoms with Gasteiger partial charge in [0, 0.05) is 0 Å². The molecule has 0 bridgehead atoms. The number of carbonyl (C=O) groups is 1. The number of hydrogen-bond acceptors (Lipinski definition) is 2. The smallest absolute Gasteiger partial charge is 0.332 e. The van der Waals surface area contributed by atoms with E-state index >= 15 is 0 Å². The Hall–Kier alpha value is -0.830. The SMILES string of the molecule is C=CCCCCCCCC(O)C(=O)O. The molecule has 0 aliphatic heterocycles. The zero-order chi connectivity index (χ0) is 10.8. The largest absolute Gasteiger partial charge is 0.479 e. The van der Waals surface area contributed by atoms with Gasteiger partial charge in [0.15, 0.2) is 6.10 Å². The van der Waals surface area contributed by atoms with Gasteiger partial charge < -0.3 is 10.2 Å². The van der Waals surface area contributed by atoms with Crippen LogP contribution in [0.25, 0.3) is 0 Å². The molecular formula is C11H20O3. The highest BCUT2D eigenvalue weighted by molar-refractivity contribution is 5.71. The van der Waals surface area contributed by atoms with Crippen molar-refractivity contribution >= 4 is 5.97 Å². The van der Waals surface area contributed by atoms with Gasteiger partial charge in [0.1, 0.15) is 0 Å². The standard InChI is InChI=1S/C11H20O3/c1-2-3-4-5-6-7-8-9-10(12)11(13)14/h2,10,12H,1,3-9H2,(H,13,14). The summed E-state index contributed by atoms with van der Waals surface area (Å²) in [6, 6.07) is 0. The van der Waals surface area contributed by atoms with Crippen molar-refractivity contribution < 1.29 is 15.0 Å². The molecule has 0 aromatic rings. The highest BCUT2D eigenvalue weighted by Gasteiger charge is 2.11. The summed E-state index contributed by atoms with van der Waals surface area (Å²) in [4.78, 5) is 10.2. The minimum atomic E-state index is -1.18. The summed E-state index contributed by atoms with van der Waals surface area (Å²) >= 11 is 0. The van der Waals surface area contributed by atoms with Crippen LogP contribution in [0.5, 0.6) is 0 Å². The Morgan fingerprint density at radius 2 is 1.79 bits per heavy atom. The topological polar surface area (TPSA) is 57.5 Å². The molecule has 82 valence electrons. The van der Waals surface area contributed by atoms with Crippen LogP contribution < -0.4 is 0 Å². The molecule has 3 nitrogen and oxygen atoms in total. The first-order valence-corrected chi connectivity index (χ1v) is 5.20. The van der Waals surface area contributed by atoms with E-state index in [0.29, 0.717) is 6.42 Å². The number of carboxylic acids is 1. The molecule has 0 amide bonds. The number of hydrogen-bond donors (Lipinski definition) is 2. The second-order valence-corrected chi connectivity index (χ2v) is 3.49. The first kappa shape index (κ1) is 13.2. The Morgan fingerprint density at radius 3 is 2.36 bits per heavy atom. The minimum Gasteiger partial charge on any atom is -0.479 e. The number of allylic oxidation sites excluding steroid dienone is 1. The number of rotatable bonds is 9. The van der Waals surface area contributed by atoms with Gasteiger partial charge in [-0.1, -0.05) is 31.8 Å². The molecule has 0 aromatic heterocycles. The number of carboxylic acid groups (broad SMARTS) is 1. The van der Waals surface area contributed by atoms with Crippen molar-refractivity contribution in [2.45, 2.75) is 51.0 Å². The van der Waals surface area contributed by atoms with Gasteiger partial charge in [0.2, 0.25) is 0 Å². The molecule has 2 N–H and O–H groups in total. The average molecular weight is 200 g/mol. The van der Waals surface area contributed by atoms with Gasteiger partial charge in [-0.15, -0.1) is 6.58 Å². The van der Waals surface area contributed by atoms with Crippen molar-refractivity contribution in [2.75, 3.05) is 0 Å². The zero-order valence-corrected chi connectivity index (χ0v) is 8.61. The summed E-state index contributed by atoms with van der Waals surface area (Å²) < 4.78 is 0. The van der Waals surface area contributed by atoms with Crippen molar-refractivity contribution in [2.24, 2.45) is 0 Å². The Kier molecular flexibility index (Phi) is 8.24. The van der Waals surface area contributed by atoms with Crippen LogP contribution in [0, 0.1) is 0 Å². The van der Waals surface area contributed by atoms with Gasteiger partial charge in [-0.25, -0.2) is 4.79 Å². The first-order chi connectivity index (χ1) is 6.68. The zero-order valence-electron chi connectivity index (χ0n) is 8.61. The van der Waals surface area contributed by atoms with Crippen molar-refractivity contribution in [3.63, 3.8) is 0 Å². The van der Waals surface area contributed by atoms with E-state index in [4.69, 9.17) is 10.2 Å². The molecular weight excluding hydrogens is 180 g/mol. The molecule has 0 radical (unpaired) electrons. The molecule has 0 spiro atoms. The summed E-state index contributed by atoms with van der Waals surface area (Å²) in [6.45, 7) is 3.64. The first-order valence-electron chi connectivity index (χ1n) is 5.20. The number of unbranched alkanes of at least 4 members (excludes halogenated alkanes) is 5. The van der Waals surface area contributed by atoms with Crippen LogP contribution in [0.3, 0.4) is 0 Å². The van der Waals surface area contributed by atoms with Crippen LogP contribution in [0.15, 0.2) is 12.7 Å². The van der Waals surface area contributed by atoms with Crippen LogP contribution >= 0.6 is 0 Å². The fraction of sp³-hybridized carbons (Fsp3) is 0.727. The molecule has 0 aliphatic rings. The molecule has 1 unspecified atom stereocenters. The fourth-order valence-corrected chi connectivity index (χ4v) is 1.28. The summed E-state index contributed by atoms with van der Waals surface area (Å²) in [5.74, 6) is -1.11. The van der Waals surface area contributed by atoms with Crippen molar-refractivity contribution in [3.05, 3.63) is 12.7 Å². The summed E-state index contributed by atoms with van der Waals surface area (Å²) in [5, 5.41) is 17.3. The average Bonchev–Trinajstić information content (AvgIpc) is 2.16. The van der Waals surface area contributed by atoms with Gasteiger partial charge >= 0.3 is 5.97 Å². The van der Waals surface area contributed by atoms with Gasteiger partial charge in [-0.2, -0.15) is 0 Å². The molecule has 0 fully saturated rings. The number of aliphatic hydroxyl groups is 1. The monoisotopic (exact) mass is 200 g/mol. The third-order valence-corrected chi connectivity index (χ3v) is 2.17. The van der Waals surface area contributed by atoms with E-state index in [1.165, 1.54) is 0 Å². The Morgan fingerprint density at radius 1 is 1.21 bits per heavy atom. The van der Waals surface area contributed by atoms with Crippen LogP contribution in [0.1, 0.15) is 44.9 Å². The molecule has 14 heavy (non-hydrogen) atoms. The summed E-state index contributed by atoms with van der Waals surface area (Å²) in [6.07, 6.45) is 7.38. The maximum Gasteiger partial charge on any atom is 0.332 e. The maximum absolute atomic E-state index is 10.2. The highest BCUT2D eigenvalue weighted by atomic mass is 16.4. The fourth-order valence-electron chi connectivity index (χ4n) is 1.28.